The summed E-state index contributed by atoms with van der Waals surface area (Å²) in [4.78, 5) is 12.7. The van der Waals surface area contributed by atoms with Gasteiger partial charge in [-0.1, -0.05) is 12.1 Å². The summed E-state index contributed by atoms with van der Waals surface area (Å²) in [5, 5.41) is 90.9. The molecule has 16 heteroatoms. The fraction of sp³-hybridized carbons (Fsp3) is 0.500. The van der Waals surface area contributed by atoms with E-state index in [9.17, 15) is 50.8 Å². The molecular weight excluding hydrogens is 616 g/mol. The van der Waals surface area contributed by atoms with Gasteiger partial charge in [-0.2, -0.15) is 0 Å². The summed E-state index contributed by atoms with van der Waals surface area (Å²) < 4.78 is 33.4. The fourth-order valence-electron chi connectivity index (χ4n) is 4.87. The molecule has 2 aromatic carbocycles. The Hall–Kier alpha value is -3.55. The first-order chi connectivity index (χ1) is 21.8. The molecule has 2 aliphatic rings. The Bertz CT molecular complexity index is 1350. The maximum Gasteiger partial charge on any atom is 0.331 e. The van der Waals surface area contributed by atoms with Crippen LogP contribution in [-0.2, 0) is 33.2 Å². The zero-order chi connectivity index (χ0) is 33.7. The van der Waals surface area contributed by atoms with E-state index in [1.54, 1.807) is 0 Å². The molecule has 11 unspecified atom stereocenters. The Balaban J connectivity index is 1.49. The number of aromatic hydroxyl groups is 4. The smallest absolute Gasteiger partial charge is 0.331 e. The molecule has 2 aromatic rings. The summed E-state index contributed by atoms with van der Waals surface area (Å²) in [5.74, 6) is -2.53. The summed E-state index contributed by atoms with van der Waals surface area (Å²) in [5.41, 5.74) is 0.733. The summed E-state index contributed by atoms with van der Waals surface area (Å²) >= 11 is 0. The lowest BCUT2D eigenvalue weighted by molar-refractivity contribution is -0.330. The molecule has 4 rings (SSSR count). The van der Waals surface area contributed by atoms with Gasteiger partial charge in [0.2, 0.25) is 0 Å². The molecule has 0 spiro atoms. The Kier molecular flexibility index (Phi) is 11.8. The molecule has 11 atom stereocenters. The van der Waals surface area contributed by atoms with E-state index in [0.717, 1.165) is 6.08 Å². The summed E-state index contributed by atoms with van der Waals surface area (Å²) in [6.07, 6.45) is -13.7. The van der Waals surface area contributed by atoms with Gasteiger partial charge in [0.25, 0.3) is 0 Å². The Labute approximate surface area is 262 Å². The van der Waals surface area contributed by atoms with E-state index in [-0.39, 0.29) is 18.1 Å². The maximum absolute atomic E-state index is 12.7. The minimum atomic E-state index is -1.80. The van der Waals surface area contributed by atoms with E-state index in [1.165, 1.54) is 56.5 Å². The number of phenolic OH excluding ortho intramolecular Hbond substituents is 4. The number of hydrogen-bond donors (Lipinski definition) is 9. The van der Waals surface area contributed by atoms with Gasteiger partial charge in [-0.15, -0.1) is 0 Å². The predicted octanol–water partition coefficient (Wildman–Crippen LogP) is -0.871. The Morgan fingerprint density at radius 2 is 1.43 bits per heavy atom. The van der Waals surface area contributed by atoms with Crippen LogP contribution >= 0.6 is 0 Å². The number of phenols is 4. The largest absolute Gasteiger partial charge is 0.504 e. The van der Waals surface area contributed by atoms with E-state index in [0.29, 0.717) is 11.1 Å². The third-order valence-electron chi connectivity index (χ3n) is 7.61. The lowest BCUT2D eigenvalue weighted by atomic mass is 9.98. The second-order valence-corrected chi connectivity index (χ2v) is 10.8. The summed E-state index contributed by atoms with van der Waals surface area (Å²) in [6.45, 7) is 0.636. The van der Waals surface area contributed by atoms with Crippen molar-refractivity contribution >= 4 is 12.0 Å². The van der Waals surface area contributed by atoms with Gasteiger partial charge < -0.3 is 74.4 Å². The van der Waals surface area contributed by atoms with Crippen LogP contribution in [0.15, 0.2) is 42.5 Å². The minimum absolute atomic E-state index is 0.276. The molecule has 0 bridgehead atoms. The van der Waals surface area contributed by atoms with Crippen molar-refractivity contribution in [2.24, 2.45) is 0 Å². The van der Waals surface area contributed by atoms with Gasteiger partial charge in [0.15, 0.2) is 41.7 Å². The molecule has 9 N–H and O–H groups in total. The average Bonchev–Trinajstić information content (AvgIpc) is 3.03. The first-order valence-corrected chi connectivity index (χ1v) is 14.2. The van der Waals surface area contributed by atoms with Crippen molar-refractivity contribution in [1.82, 2.24) is 0 Å². The van der Waals surface area contributed by atoms with Crippen molar-refractivity contribution in [3.63, 3.8) is 0 Å². The van der Waals surface area contributed by atoms with Crippen molar-refractivity contribution < 1.29 is 79.2 Å². The second kappa shape index (κ2) is 15.4. The standard InChI is InChI=1S/C30H38O16/c1-13-23(36)24(37)26(39)29(44-13)43-12-21-28(46-22(35)8-4-14-3-6-16(31)18(33)9-14)25(38)27(40)30(45-21)42-11-20(41-2)15-5-7-17(32)19(34)10-15/h3-10,13,20-21,23-34,36-40H,11-12H2,1-2H3. The number of hydrogen-bond acceptors (Lipinski definition) is 16. The molecule has 0 saturated carbocycles. The molecule has 0 aliphatic carbocycles. The van der Waals surface area contributed by atoms with E-state index in [4.69, 9.17) is 28.4 Å². The van der Waals surface area contributed by atoms with E-state index >= 15 is 0 Å². The third kappa shape index (κ3) is 8.23. The molecule has 16 nitrogen and oxygen atoms in total. The summed E-state index contributed by atoms with van der Waals surface area (Å²) in [6, 6.07) is 7.78. The zero-order valence-electron chi connectivity index (χ0n) is 24.8. The Morgan fingerprint density at radius 3 is 2.09 bits per heavy atom. The lowest BCUT2D eigenvalue weighted by Gasteiger charge is -2.43. The lowest BCUT2D eigenvalue weighted by Crippen LogP contribution is -2.62. The molecule has 0 amide bonds. The van der Waals surface area contributed by atoms with Crippen LogP contribution < -0.4 is 0 Å². The maximum atomic E-state index is 12.7. The van der Waals surface area contributed by atoms with Gasteiger partial charge in [0.05, 0.1) is 19.3 Å². The van der Waals surface area contributed by atoms with E-state index in [1.807, 2.05) is 0 Å². The quantitative estimate of drug-likeness (QED) is 0.0811. The predicted molar refractivity (Wildman–Crippen MR) is 153 cm³/mol. The van der Waals surface area contributed by atoms with Gasteiger partial charge in [-0.25, -0.2) is 4.79 Å². The zero-order valence-corrected chi connectivity index (χ0v) is 24.8. The van der Waals surface area contributed by atoms with Crippen LogP contribution in [0.4, 0.5) is 0 Å². The number of ether oxygens (including phenoxy) is 6. The number of rotatable bonds is 11. The first-order valence-electron chi connectivity index (χ1n) is 14.2. The molecule has 2 saturated heterocycles. The SMILES string of the molecule is COC(COC1OC(COC2OC(C)C(O)C(O)C2O)C(OC(=O)C=Cc2ccc(O)c(O)c2)C(O)C1O)c1ccc(O)c(O)c1. The van der Waals surface area contributed by atoms with Crippen LogP contribution in [0.2, 0.25) is 0 Å². The number of esters is 1. The topological polar surface area (TPSA) is 255 Å². The number of aliphatic hydroxyl groups is 5. The number of benzene rings is 2. The van der Waals surface area contributed by atoms with E-state index < -0.39 is 91.6 Å². The fourth-order valence-corrected chi connectivity index (χ4v) is 4.87. The van der Waals surface area contributed by atoms with Crippen LogP contribution in [0.3, 0.4) is 0 Å². The average molecular weight is 655 g/mol. The monoisotopic (exact) mass is 654 g/mol. The highest BCUT2D eigenvalue weighted by molar-refractivity contribution is 5.87. The van der Waals surface area contributed by atoms with Crippen LogP contribution in [0.25, 0.3) is 6.08 Å². The normalized spacial score (nSPS) is 32.3. The van der Waals surface area contributed by atoms with Crippen molar-refractivity contribution in [2.45, 2.75) is 74.4 Å². The molecule has 0 radical (unpaired) electrons. The molecule has 2 aliphatic heterocycles. The number of carbonyl (C=O) groups excluding carboxylic acids is 1. The van der Waals surface area contributed by atoms with Crippen molar-refractivity contribution in [2.75, 3.05) is 20.3 Å². The third-order valence-corrected chi connectivity index (χ3v) is 7.61. The van der Waals surface area contributed by atoms with Crippen LogP contribution in [-0.4, -0.2) is 134 Å². The van der Waals surface area contributed by atoms with Gasteiger partial charge in [-0.05, 0) is 48.4 Å². The molecule has 2 heterocycles. The highest BCUT2D eigenvalue weighted by Gasteiger charge is 2.49. The highest BCUT2D eigenvalue weighted by Crippen LogP contribution is 2.32. The molecule has 46 heavy (non-hydrogen) atoms. The van der Waals surface area contributed by atoms with Gasteiger partial charge >= 0.3 is 5.97 Å². The van der Waals surface area contributed by atoms with E-state index in [2.05, 4.69) is 0 Å². The van der Waals surface area contributed by atoms with Gasteiger partial charge in [0, 0.05) is 13.2 Å². The van der Waals surface area contributed by atoms with Gasteiger partial charge in [-0.3, -0.25) is 0 Å². The number of aliphatic hydroxyl groups excluding tert-OH is 5. The Morgan fingerprint density at radius 1 is 0.804 bits per heavy atom. The molecule has 0 aromatic heterocycles. The molecule has 2 fully saturated rings. The summed E-state index contributed by atoms with van der Waals surface area (Å²) in [7, 11) is 1.35. The van der Waals surface area contributed by atoms with Crippen LogP contribution in [0.1, 0.15) is 24.2 Å². The molecular formula is C30H38O16. The minimum Gasteiger partial charge on any atom is -0.504 e. The van der Waals surface area contributed by atoms with Crippen molar-refractivity contribution in [3.05, 3.63) is 53.6 Å². The number of methoxy groups -OCH3 is 1. The van der Waals surface area contributed by atoms with Crippen LogP contribution in [0, 0.1) is 0 Å². The van der Waals surface area contributed by atoms with Gasteiger partial charge in [0.1, 0.15) is 42.7 Å². The first kappa shape index (κ1) is 35.3. The van der Waals surface area contributed by atoms with Crippen molar-refractivity contribution in [1.29, 1.82) is 0 Å². The molecule has 254 valence electrons. The highest BCUT2D eigenvalue weighted by atomic mass is 16.7. The van der Waals surface area contributed by atoms with Crippen LogP contribution in [0.5, 0.6) is 23.0 Å². The second-order valence-electron chi connectivity index (χ2n) is 10.8. The number of carbonyl (C=O) groups is 1. The van der Waals surface area contributed by atoms with Crippen molar-refractivity contribution in [3.8, 4) is 23.0 Å².